The van der Waals surface area contributed by atoms with Crippen molar-refractivity contribution < 1.29 is 54.1 Å². The van der Waals surface area contributed by atoms with Gasteiger partial charge in [0.2, 0.25) is 0 Å². The molecule has 0 N–H and O–H groups in total. The van der Waals surface area contributed by atoms with E-state index >= 15 is 0 Å². The molecule has 0 unspecified atom stereocenters. The summed E-state index contributed by atoms with van der Waals surface area (Å²) in [6.07, 6.45) is 7.36. The van der Waals surface area contributed by atoms with Gasteiger partial charge in [-0.2, -0.15) is 0 Å². The fourth-order valence-corrected chi connectivity index (χ4v) is 4.59. The maximum Gasteiger partial charge on any atom is 0 e. The Kier molecular flexibility index (Phi) is 15.5. The summed E-state index contributed by atoms with van der Waals surface area (Å²) >= 11 is 0. The van der Waals surface area contributed by atoms with E-state index in [9.17, 15) is 34.0 Å². The minimum Gasteiger partial charge on any atom is 0 e. The van der Waals surface area contributed by atoms with Gasteiger partial charge >= 0.3 is 33.0 Å². The van der Waals surface area contributed by atoms with Crippen LogP contribution in [0.2, 0.25) is 0 Å². The van der Waals surface area contributed by atoms with Gasteiger partial charge in [0.1, 0.15) is 11.6 Å². The van der Waals surface area contributed by atoms with Crippen LogP contribution in [-0.2, 0) is 30.9 Å². The van der Waals surface area contributed by atoms with Gasteiger partial charge in [0, 0.05) is 56.0 Å². The van der Waals surface area contributed by atoms with Gasteiger partial charge < -0.3 is 0 Å². The summed E-state index contributed by atoms with van der Waals surface area (Å²) in [5.74, 6) is -0.443. The van der Waals surface area contributed by atoms with Crippen LogP contribution in [-0.4, -0.2) is 19.9 Å². The van der Waals surface area contributed by atoms with Gasteiger partial charge in [0.05, 0.1) is 22.8 Å². The smallest absolute Gasteiger partial charge is 0 e. The van der Waals surface area contributed by atoms with Crippen LogP contribution in [0.1, 0.15) is 63.8 Å². The second-order valence-electron chi connectivity index (χ2n) is 14.8. The number of hydrogen-bond acceptors (Lipinski definition) is 4. The zero-order chi connectivity index (χ0) is 41.3. The van der Waals surface area contributed by atoms with Crippen molar-refractivity contribution in [1.29, 1.82) is 0 Å². The number of halogens is 8. The Bertz CT molecular complexity index is 1890. The van der Waals surface area contributed by atoms with Gasteiger partial charge in [-0.15, -0.1) is 0 Å². The molecular formula is C42H44F8IrN4P-. The van der Waals surface area contributed by atoms with E-state index in [0.29, 0.717) is 0 Å². The van der Waals surface area contributed by atoms with Crippen molar-refractivity contribution in [2.75, 3.05) is 0 Å². The number of nitrogens with zero attached hydrogens (tertiary/aromatic N) is 4. The zero-order valence-electron chi connectivity index (χ0n) is 32.1. The van der Waals surface area contributed by atoms with E-state index in [0.717, 1.165) is 45.0 Å². The van der Waals surface area contributed by atoms with Crippen LogP contribution < -0.4 is 0 Å². The average molecular weight is 980 g/mol. The summed E-state index contributed by atoms with van der Waals surface area (Å²) in [7, 11) is -10.7. The average Bonchev–Trinajstić information content (AvgIpc) is 3.08. The van der Waals surface area contributed by atoms with Crippen molar-refractivity contribution in [1.82, 2.24) is 19.9 Å². The van der Waals surface area contributed by atoms with Crippen molar-refractivity contribution in [3.8, 4) is 33.9 Å². The summed E-state index contributed by atoms with van der Waals surface area (Å²) < 4.78 is 84.5. The first-order chi connectivity index (χ1) is 25.1. The Hall–Kier alpha value is -4.44. The molecule has 0 saturated carbocycles. The van der Waals surface area contributed by atoms with Crippen LogP contribution in [0.4, 0.5) is 34.0 Å². The molecule has 6 aromatic rings. The molecule has 56 heavy (non-hydrogen) atoms. The maximum absolute atomic E-state index is 12.6. The van der Waals surface area contributed by atoms with Crippen molar-refractivity contribution in [3.63, 3.8) is 0 Å². The molecule has 303 valence electrons. The first-order valence-electron chi connectivity index (χ1n) is 17.0. The molecule has 0 atom stereocenters. The molecule has 0 bridgehead atoms. The van der Waals surface area contributed by atoms with E-state index in [4.69, 9.17) is 0 Å². The molecule has 0 fully saturated rings. The second-order valence-corrected chi connectivity index (χ2v) is 16.7. The normalized spacial score (nSPS) is 12.4. The number of aryl methyl sites for hydroxylation is 2. The Balaban J connectivity index is 0.000000270. The van der Waals surface area contributed by atoms with Crippen LogP contribution >= 0.6 is 7.81 Å². The third kappa shape index (κ3) is 18.5. The molecule has 0 aliphatic carbocycles. The topological polar surface area (TPSA) is 51.6 Å². The van der Waals surface area contributed by atoms with Crippen LogP contribution in [0, 0.1) is 25.5 Å². The number of hydrogen-bond donors (Lipinski definition) is 0. The first kappa shape index (κ1) is 47.7. The molecule has 4 heterocycles. The van der Waals surface area contributed by atoms with Gasteiger partial charge in [-0.25, -0.2) is 8.78 Å². The molecule has 6 rings (SSSR count). The third-order valence-electron chi connectivity index (χ3n) is 7.62. The van der Waals surface area contributed by atoms with Crippen molar-refractivity contribution in [3.05, 3.63) is 156 Å². The minimum absolute atomic E-state index is 0. The van der Waals surface area contributed by atoms with Crippen molar-refractivity contribution in [2.24, 2.45) is 0 Å². The largest absolute Gasteiger partial charge is 0 e. The van der Waals surface area contributed by atoms with Crippen molar-refractivity contribution >= 4 is 7.81 Å². The Morgan fingerprint density at radius 1 is 0.429 bits per heavy atom. The van der Waals surface area contributed by atoms with E-state index < -0.39 is 7.81 Å². The van der Waals surface area contributed by atoms with Crippen LogP contribution in [0.5, 0.6) is 0 Å². The molecule has 4 aromatic heterocycles. The molecule has 0 amide bonds. The van der Waals surface area contributed by atoms with Crippen LogP contribution in [0.15, 0.2) is 122 Å². The Morgan fingerprint density at radius 2 is 0.732 bits per heavy atom. The minimum atomic E-state index is -10.7. The van der Waals surface area contributed by atoms with E-state index in [1.54, 1.807) is 36.7 Å². The Labute approximate surface area is 336 Å². The molecule has 0 aliphatic rings. The van der Waals surface area contributed by atoms with Gasteiger partial charge in [-0.1, -0.05) is 53.7 Å². The van der Waals surface area contributed by atoms with Gasteiger partial charge in [-0.3, -0.25) is 19.9 Å². The van der Waals surface area contributed by atoms with E-state index in [-0.39, 0.29) is 42.6 Å². The zero-order valence-corrected chi connectivity index (χ0v) is 35.4. The quantitative estimate of drug-likeness (QED) is 0.131. The van der Waals surface area contributed by atoms with E-state index in [1.165, 1.54) is 35.4 Å². The van der Waals surface area contributed by atoms with Crippen LogP contribution in [0.3, 0.4) is 0 Å². The van der Waals surface area contributed by atoms with Crippen molar-refractivity contribution in [2.45, 2.75) is 66.2 Å². The standard InChI is InChI=1S/C18H24N2.2C12H10FN.F6P.Ir/c1-17(2,3)13-7-9-19-15(11-13)16-12-14(8-10-20-16)18(4,5)6;2*1-9-2-7-12(14-8-9)10-3-5-11(13)6-4-10;1-7(2,3,4,5)6;/h7-12H,1-6H3;2*2-8H,1H3;;/q;;;-1;. The number of aromatic nitrogens is 4. The third-order valence-corrected chi connectivity index (χ3v) is 7.62. The molecule has 0 spiro atoms. The molecule has 4 nitrogen and oxygen atoms in total. The number of benzene rings is 2. The molecule has 0 aliphatic heterocycles. The maximum atomic E-state index is 12.6. The van der Waals surface area contributed by atoms with E-state index in [1.807, 2.05) is 50.5 Å². The predicted molar refractivity (Wildman–Crippen MR) is 207 cm³/mol. The molecular weight excluding hydrogens is 936 g/mol. The predicted octanol–water partition coefficient (Wildman–Crippen LogP) is 14.5. The van der Waals surface area contributed by atoms with Gasteiger partial charge in [0.25, 0.3) is 0 Å². The summed E-state index contributed by atoms with van der Waals surface area (Å²) in [4.78, 5) is 17.5. The molecule has 0 saturated heterocycles. The molecule has 1 radical (unpaired) electrons. The molecule has 14 heteroatoms. The first-order valence-corrected chi connectivity index (χ1v) is 19.0. The number of pyridine rings is 4. The SMILES string of the molecule is CC(C)(C)c1ccnc(-c2cc(C(C)(C)C)ccn2)c1.Cc1ccc(-c2ccc(F)cc2)nc1.Cc1ccc(-c2ccc(F)cc2)nc1.F[P-](F)(F)(F)(F)F.[Ir]. The summed E-state index contributed by atoms with van der Waals surface area (Å²) in [6.45, 7) is 17.3. The van der Waals surface area contributed by atoms with Crippen LogP contribution in [0.25, 0.3) is 33.9 Å². The monoisotopic (exact) mass is 980 g/mol. The fourth-order valence-electron chi connectivity index (χ4n) is 4.59. The fraction of sp³-hybridized carbons (Fsp3) is 0.238. The second kappa shape index (κ2) is 18.2. The Morgan fingerprint density at radius 3 is 0.982 bits per heavy atom. The summed E-state index contributed by atoms with van der Waals surface area (Å²) in [6, 6.07) is 29.0. The number of rotatable bonds is 3. The van der Waals surface area contributed by atoms with Gasteiger partial charge in [-0.05, 0) is 132 Å². The van der Waals surface area contributed by atoms with E-state index in [2.05, 4.69) is 85.7 Å². The molecule has 2 aromatic carbocycles. The van der Waals surface area contributed by atoms with Gasteiger partial charge in [0.15, 0.2) is 0 Å². The summed E-state index contributed by atoms with van der Waals surface area (Å²) in [5.41, 5.74) is 10.6. The summed E-state index contributed by atoms with van der Waals surface area (Å²) in [5, 5.41) is 0.